The van der Waals surface area contributed by atoms with Crippen molar-refractivity contribution in [1.29, 1.82) is 0 Å². The van der Waals surface area contributed by atoms with E-state index in [1.54, 1.807) is 6.20 Å². The number of benzene rings is 1. The minimum Gasteiger partial charge on any atom is -0.374 e. The van der Waals surface area contributed by atoms with Crippen LogP contribution in [0.1, 0.15) is 18.9 Å². The van der Waals surface area contributed by atoms with E-state index in [-0.39, 0.29) is 6.10 Å². The van der Waals surface area contributed by atoms with Gasteiger partial charge in [0.05, 0.1) is 12.7 Å². The molecular formula is C14H18N2O. The van der Waals surface area contributed by atoms with Gasteiger partial charge in [0.15, 0.2) is 0 Å². The van der Waals surface area contributed by atoms with Crippen molar-refractivity contribution in [1.82, 2.24) is 9.78 Å². The summed E-state index contributed by atoms with van der Waals surface area (Å²) < 4.78 is 7.72. The predicted molar refractivity (Wildman–Crippen MR) is 67.5 cm³/mol. The third-order valence-corrected chi connectivity index (χ3v) is 2.70. The van der Waals surface area contributed by atoms with Gasteiger partial charge in [-0.3, -0.25) is 4.68 Å². The fraction of sp³-hybridized carbons (Fsp3) is 0.357. The Hall–Kier alpha value is -1.61. The maximum absolute atomic E-state index is 5.79. The van der Waals surface area contributed by atoms with Crippen LogP contribution >= 0.6 is 0 Å². The number of ether oxygens (including phenoxy) is 1. The molecule has 0 saturated heterocycles. The van der Waals surface area contributed by atoms with E-state index in [1.165, 1.54) is 5.56 Å². The summed E-state index contributed by atoms with van der Waals surface area (Å²) in [5.41, 5.74) is 1.22. The van der Waals surface area contributed by atoms with Gasteiger partial charge in [0.1, 0.15) is 0 Å². The summed E-state index contributed by atoms with van der Waals surface area (Å²) >= 11 is 0. The van der Waals surface area contributed by atoms with Crippen molar-refractivity contribution in [2.24, 2.45) is 0 Å². The maximum Gasteiger partial charge on any atom is 0.0720 e. The van der Waals surface area contributed by atoms with E-state index in [9.17, 15) is 0 Å². The fourth-order valence-corrected chi connectivity index (χ4v) is 1.64. The van der Waals surface area contributed by atoms with Gasteiger partial charge in [-0.25, -0.2) is 0 Å². The van der Waals surface area contributed by atoms with Crippen LogP contribution in [0.3, 0.4) is 0 Å². The van der Waals surface area contributed by atoms with E-state index in [1.807, 2.05) is 35.1 Å². The van der Waals surface area contributed by atoms with Crippen LogP contribution in [0, 0.1) is 0 Å². The second-order valence-corrected chi connectivity index (χ2v) is 4.17. The van der Waals surface area contributed by atoms with Gasteiger partial charge in [0.2, 0.25) is 0 Å². The molecule has 0 fully saturated rings. The monoisotopic (exact) mass is 230 g/mol. The molecule has 3 heteroatoms. The minimum atomic E-state index is 0.249. The van der Waals surface area contributed by atoms with Gasteiger partial charge in [0.25, 0.3) is 0 Å². The molecule has 0 N–H and O–H groups in total. The van der Waals surface area contributed by atoms with Crippen molar-refractivity contribution in [2.45, 2.75) is 32.6 Å². The Morgan fingerprint density at radius 3 is 2.76 bits per heavy atom. The highest BCUT2D eigenvalue weighted by atomic mass is 16.5. The molecule has 90 valence electrons. The van der Waals surface area contributed by atoms with Crippen LogP contribution in [0.2, 0.25) is 0 Å². The summed E-state index contributed by atoms with van der Waals surface area (Å²) in [6.45, 7) is 3.69. The van der Waals surface area contributed by atoms with Crippen molar-refractivity contribution in [3.63, 3.8) is 0 Å². The number of hydrogen-bond acceptors (Lipinski definition) is 2. The summed E-state index contributed by atoms with van der Waals surface area (Å²) in [4.78, 5) is 0. The first-order valence-corrected chi connectivity index (χ1v) is 5.97. The van der Waals surface area contributed by atoms with E-state index in [4.69, 9.17) is 4.74 Å². The van der Waals surface area contributed by atoms with Crippen molar-refractivity contribution < 1.29 is 4.74 Å². The normalized spacial score (nSPS) is 12.5. The second kappa shape index (κ2) is 6.21. The lowest BCUT2D eigenvalue weighted by Gasteiger charge is -2.13. The number of aromatic nitrogens is 2. The molecule has 1 heterocycles. The van der Waals surface area contributed by atoms with E-state index in [2.05, 4.69) is 24.2 Å². The van der Waals surface area contributed by atoms with Crippen molar-refractivity contribution in [3.8, 4) is 0 Å². The Labute approximate surface area is 102 Å². The van der Waals surface area contributed by atoms with E-state index in [0.29, 0.717) is 6.61 Å². The van der Waals surface area contributed by atoms with Gasteiger partial charge in [-0.2, -0.15) is 5.10 Å². The van der Waals surface area contributed by atoms with Crippen LogP contribution in [-0.2, 0) is 17.9 Å². The third-order valence-electron chi connectivity index (χ3n) is 2.70. The summed E-state index contributed by atoms with van der Waals surface area (Å²) in [7, 11) is 0. The standard InChI is InChI=1S/C14H18N2O/c1-13(8-11-16-10-5-9-15-16)17-12-14-6-3-2-4-7-14/h2-7,9-10,13H,8,11-12H2,1H3. The van der Waals surface area contributed by atoms with E-state index >= 15 is 0 Å². The average Bonchev–Trinajstić information content (AvgIpc) is 2.88. The zero-order chi connectivity index (χ0) is 11.9. The SMILES string of the molecule is CC(CCn1cccn1)OCc1ccccc1. The Kier molecular flexibility index (Phi) is 4.33. The molecule has 1 aromatic heterocycles. The maximum atomic E-state index is 5.79. The first-order chi connectivity index (χ1) is 8.34. The fourth-order valence-electron chi connectivity index (χ4n) is 1.64. The number of aryl methyl sites for hydroxylation is 1. The smallest absolute Gasteiger partial charge is 0.0720 e. The molecule has 0 aliphatic rings. The van der Waals surface area contributed by atoms with E-state index in [0.717, 1.165) is 13.0 Å². The van der Waals surface area contributed by atoms with Gasteiger partial charge in [-0.1, -0.05) is 30.3 Å². The highest BCUT2D eigenvalue weighted by Gasteiger charge is 2.03. The van der Waals surface area contributed by atoms with Gasteiger partial charge >= 0.3 is 0 Å². The molecule has 1 aromatic carbocycles. The highest BCUT2D eigenvalue weighted by molar-refractivity contribution is 5.13. The van der Waals surface area contributed by atoms with Crippen molar-refractivity contribution in [2.75, 3.05) is 0 Å². The molecular weight excluding hydrogens is 212 g/mol. The molecule has 0 spiro atoms. The molecule has 0 bridgehead atoms. The highest BCUT2D eigenvalue weighted by Crippen LogP contribution is 2.06. The molecule has 1 unspecified atom stereocenters. The van der Waals surface area contributed by atoms with Crippen molar-refractivity contribution >= 4 is 0 Å². The molecule has 2 aromatic rings. The van der Waals surface area contributed by atoms with Gasteiger partial charge in [0, 0.05) is 18.9 Å². The molecule has 0 amide bonds. The molecule has 2 rings (SSSR count). The quantitative estimate of drug-likeness (QED) is 0.763. The second-order valence-electron chi connectivity index (χ2n) is 4.17. The van der Waals surface area contributed by atoms with Gasteiger partial charge < -0.3 is 4.74 Å². The van der Waals surface area contributed by atoms with Crippen molar-refractivity contribution in [3.05, 3.63) is 54.4 Å². The number of hydrogen-bond donors (Lipinski definition) is 0. The van der Waals surface area contributed by atoms with Crippen LogP contribution in [0.25, 0.3) is 0 Å². The minimum absolute atomic E-state index is 0.249. The van der Waals surface area contributed by atoms with Crippen LogP contribution in [0.15, 0.2) is 48.8 Å². The van der Waals surface area contributed by atoms with Gasteiger partial charge in [-0.15, -0.1) is 0 Å². The molecule has 3 nitrogen and oxygen atoms in total. The third kappa shape index (κ3) is 4.04. The largest absolute Gasteiger partial charge is 0.374 e. The average molecular weight is 230 g/mol. The molecule has 1 atom stereocenters. The summed E-state index contributed by atoms with van der Waals surface area (Å²) in [6, 6.07) is 12.2. The number of rotatable bonds is 6. The summed E-state index contributed by atoms with van der Waals surface area (Å²) in [5, 5.41) is 4.17. The van der Waals surface area contributed by atoms with Crippen LogP contribution in [0.4, 0.5) is 0 Å². The Morgan fingerprint density at radius 2 is 2.06 bits per heavy atom. The lowest BCUT2D eigenvalue weighted by atomic mass is 10.2. The molecule has 0 aliphatic carbocycles. The number of nitrogens with zero attached hydrogens (tertiary/aromatic N) is 2. The van der Waals surface area contributed by atoms with Crippen LogP contribution < -0.4 is 0 Å². The van der Waals surface area contributed by atoms with Crippen LogP contribution in [-0.4, -0.2) is 15.9 Å². The molecule has 0 aliphatic heterocycles. The molecule has 17 heavy (non-hydrogen) atoms. The first kappa shape index (κ1) is 11.9. The summed E-state index contributed by atoms with van der Waals surface area (Å²) in [6.07, 6.45) is 5.01. The zero-order valence-corrected chi connectivity index (χ0v) is 10.1. The lowest BCUT2D eigenvalue weighted by molar-refractivity contribution is 0.0442. The van der Waals surface area contributed by atoms with Gasteiger partial charge in [-0.05, 0) is 25.0 Å². The van der Waals surface area contributed by atoms with E-state index < -0.39 is 0 Å². The van der Waals surface area contributed by atoms with Crippen LogP contribution in [0.5, 0.6) is 0 Å². The predicted octanol–water partition coefficient (Wildman–Crippen LogP) is 2.88. The Bertz CT molecular complexity index is 411. The zero-order valence-electron chi connectivity index (χ0n) is 10.1. The first-order valence-electron chi connectivity index (χ1n) is 5.97. The topological polar surface area (TPSA) is 27.1 Å². The lowest BCUT2D eigenvalue weighted by Crippen LogP contribution is -2.12. The molecule has 0 saturated carbocycles. The molecule has 0 radical (unpaired) electrons. The summed E-state index contributed by atoms with van der Waals surface area (Å²) in [5.74, 6) is 0. The Morgan fingerprint density at radius 1 is 1.24 bits per heavy atom. The Balaban J connectivity index is 1.69.